The Labute approximate surface area is 128 Å². The van der Waals surface area contributed by atoms with E-state index in [4.69, 9.17) is 11.6 Å². The first-order valence-electron chi connectivity index (χ1n) is 6.97. The second kappa shape index (κ2) is 6.54. The predicted molar refractivity (Wildman–Crippen MR) is 78.3 cm³/mol. The molecule has 4 nitrogen and oxygen atoms in total. The van der Waals surface area contributed by atoms with Crippen LogP contribution in [0.2, 0.25) is 5.02 Å². The van der Waals surface area contributed by atoms with E-state index in [1.165, 1.54) is 17.0 Å². The molecule has 2 rings (SSSR count). The topological polar surface area (TPSA) is 49.4 Å². The molecule has 0 radical (unpaired) electrons. The summed E-state index contributed by atoms with van der Waals surface area (Å²) in [7, 11) is 0. The Balaban J connectivity index is 1.99. The minimum Gasteiger partial charge on any atom is -0.301 e. The molecule has 1 aromatic carbocycles. The first kappa shape index (κ1) is 15.9. The lowest BCUT2D eigenvalue weighted by Crippen LogP contribution is -2.42. The number of halogens is 2. The predicted octanol–water partition coefficient (Wildman–Crippen LogP) is 2.49. The molecule has 1 heterocycles. The van der Waals surface area contributed by atoms with Crippen molar-refractivity contribution in [3.8, 4) is 0 Å². The van der Waals surface area contributed by atoms with E-state index in [0.29, 0.717) is 6.54 Å². The molecule has 1 N–H and O–H groups in total. The summed E-state index contributed by atoms with van der Waals surface area (Å²) in [5, 5.41) is 3.09. The lowest BCUT2D eigenvalue weighted by atomic mass is 10.2. The number of likely N-dealkylation sites (tertiary alicyclic amines) is 1. The van der Waals surface area contributed by atoms with E-state index < -0.39 is 11.9 Å². The fraction of sp³-hybridized carbons (Fsp3) is 0.467. The van der Waals surface area contributed by atoms with Crippen molar-refractivity contribution in [1.29, 1.82) is 0 Å². The molecule has 1 fully saturated rings. The standard InChI is InChI=1S/C15H18ClFN2O2/c1-3-9(2)19-14(20)7-13(15(19)21)18-8-10-4-5-12(17)11(16)6-10/h4-6,9,13,18H,3,7-8H2,1-2H3. The van der Waals surface area contributed by atoms with Gasteiger partial charge in [0.15, 0.2) is 0 Å². The van der Waals surface area contributed by atoms with Gasteiger partial charge in [0, 0.05) is 12.6 Å². The third-order valence-corrected chi connectivity index (χ3v) is 4.04. The van der Waals surface area contributed by atoms with Crippen molar-refractivity contribution in [1.82, 2.24) is 10.2 Å². The molecule has 0 aromatic heterocycles. The SMILES string of the molecule is CCC(C)N1C(=O)CC(NCc2ccc(F)c(Cl)c2)C1=O. The van der Waals surface area contributed by atoms with Gasteiger partial charge in [-0.25, -0.2) is 4.39 Å². The van der Waals surface area contributed by atoms with Crippen molar-refractivity contribution in [3.63, 3.8) is 0 Å². The van der Waals surface area contributed by atoms with E-state index in [1.54, 1.807) is 6.07 Å². The number of hydrogen-bond donors (Lipinski definition) is 1. The van der Waals surface area contributed by atoms with Gasteiger partial charge in [0.2, 0.25) is 11.8 Å². The van der Waals surface area contributed by atoms with E-state index in [2.05, 4.69) is 5.32 Å². The molecule has 2 unspecified atom stereocenters. The normalized spacial score (nSPS) is 20.2. The van der Waals surface area contributed by atoms with E-state index in [1.807, 2.05) is 13.8 Å². The molecule has 2 atom stereocenters. The van der Waals surface area contributed by atoms with Gasteiger partial charge in [-0.1, -0.05) is 24.6 Å². The number of rotatable bonds is 5. The van der Waals surface area contributed by atoms with E-state index in [-0.39, 0.29) is 29.3 Å². The van der Waals surface area contributed by atoms with Gasteiger partial charge in [-0.2, -0.15) is 0 Å². The van der Waals surface area contributed by atoms with Gasteiger partial charge in [-0.15, -0.1) is 0 Å². The van der Waals surface area contributed by atoms with Crippen molar-refractivity contribution < 1.29 is 14.0 Å². The highest BCUT2D eigenvalue weighted by molar-refractivity contribution is 6.30. The summed E-state index contributed by atoms with van der Waals surface area (Å²) in [5.74, 6) is -0.818. The Kier molecular flexibility index (Phi) is 4.96. The highest BCUT2D eigenvalue weighted by Crippen LogP contribution is 2.19. The van der Waals surface area contributed by atoms with Crippen LogP contribution in [0.4, 0.5) is 4.39 Å². The van der Waals surface area contributed by atoms with Gasteiger partial charge in [0.1, 0.15) is 5.82 Å². The van der Waals surface area contributed by atoms with Gasteiger partial charge < -0.3 is 5.32 Å². The minimum absolute atomic E-state index is 0.0457. The van der Waals surface area contributed by atoms with E-state index >= 15 is 0 Å². The molecule has 0 bridgehead atoms. The molecule has 114 valence electrons. The zero-order chi connectivity index (χ0) is 15.6. The molecule has 21 heavy (non-hydrogen) atoms. The van der Waals surface area contributed by atoms with Gasteiger partial charge in [0.05, 0.1) is 17.5 Å². The van der Waals surface area contributed by atoms with Crippen LogP contribution in [0.3, 0.4) is 0 Å². The number of benzene rings is 1. The number of hydrogen-bond acceptors (Lipinski definition) is 3. The monoisotopic (exact) mass is 312 g/mol. The number of amides is 2. The first-order valence-corrected chi connectivity index (χ1v) is 7.35. The summed E-state index contributed by atoms with van der Waals surface area (Å²) in [6.45, 7) is 4.16. The van der Waals surface area contributed by atoms with Gasteiger partial charge >= 0.3 is 0 Å². The Hall–Kier alpha value is -1.46. The molecule has 1 aliphatic heterocycles. The first-order chi connectivity index (χ1) is 9.93. The van der Waals surface area contributed by atoms with Crippen LogP contribution in [0.15, 0.2) is 18.2 Å². The Morgan fingerprint density at radius 2 is 2.19 bits per heavy atom. The van der Waals surface area contributed by atoms with Gasteiger partial charge in [0.25, 0.3) is 0 Å². The number of carbonyl (C=O) groups is 2. The maximum absolute atomic E-state index is 13.1. The number of nitrogens with one attached hydrogen (secondary N) is 1. The second-order valence-corrected chi connectivity index (χ2v) is 5.65. The number of imide groups is 1. The van der Waals surface area contributed by atoms with Crippen LogP contribution < -0.4 is 5.32 Å². The molecule has 1 aliphatic rings. The second-order valence-electron chi connectivity index (χ2n) is 5.25. The number of carbonyl (C=O) groups excluding carboxylic acids is 2. The smallest absolute Gasteiger partial charge is 0.247 e. The Morgan fingerprint density at radius 1 is 1.48 bits per heavy atom. The third kappa shape index (κ3) is 3.41. The molecule has 0 aliphatic carbocycles. The molecule has 0 saturated carbocycles. The molecule has 1 saturated heterocycles. The number of nitrogens with zero attached hydrogens (tertiary/aromatic N) is 1. The van der Waals surface area contributed by atoms with Gasteiger partial charge in [-0.05, 0) is 31.0 Å². The van der Waals surface area contributed by atoms with Crippen LogP contribution in [0.25, 0.3) is 0 Å². The summed E-state index contributed by atoms with van der Waals surface area (Å²) < 4.78 is 13.1. The van der Waals surface area contributed by atoms with Crippen LogP contribution in [0, 0.1) is 5.82 Å². The van der Waals surface area contributed by atoms with Crippen molar-refractivity contribution in [3.05, 3.63) is 34.6 Å². The van der Waals surface area contributed by atoms with Crippen LogP contribution >= 0.6 is 11.6 Å². The summed E-state index contributed by atoms with van der Waals surface area (Å²) in [5.41, 5.74) is 0.767. The summed E-state index contributed by atoms with van der Waals surface area (Å²) in [6.07, 6.45) is 0.899. The highest BCUT2D eigenvalue weighted by atomic mass is 35.5. The summed E-state index contributed by atoms with van der Waals surface area (Å²) >= 11 is 5.71. The van der Waals surface area contributed by atoms with Gasteiger partial charge in [-0.3, -0.25) is 14.5 Å². The molecule has 0 spiro atoms. The maximum atomic E-state index is 13.1. The molecule has 2 amide bonds. The minimum atomic E-state index is -0.518. The van der Waals surface area contributed by atoms with Crippen molar-refractivity contribution in [2.75, 3.05) is 0 Å². The average Bonchev–Trinajstić information content (AvgIpc) is 2.74. The molecular formula is C15H18ClFN2O2. The Morgan fingerprint density at radius 3 is 2.81 bits per heavy atom. The van der Waals surface area contributed by atoms with E-state index in [0.717, 1.165) is 12.0 Å². The molecule has 1 aromatic rings. The van der Waals surface area contributed by atoms with E-state index in [9.17, 15) is 14.0 Å². The van der Waals surface area contributed by atoms with Crippen LogP contribution in [-0.2, 0) is 16.1 Å². The average molecular weight is 313 g/mol. The summed E-state index contributed by atoms with van der Waals surface area (Å²) in [4.78, 5) is 25.4. The molecule has 6 heteroatoms. The van der Waals surface area contributed by atoms with Crippen LogP contribution in [0.1, 0.15) is 32.3 Å². The summed E-state index contributed by atoms with van der Waals surface area (Å²) in [6, 6.07) is 3.79. The van der Waals surface area contributed by atoms with Crippen LogP contribution in [-0.4, -0.2) is 28.8 Å². The largest absolute Gasteiger partial charge is 0.301 e. The lowest BCUT2D eigenvalue weighted by Gasteiger charge is -2.21. The van der Waals surface area contributed by atoms with Crippen molar-refractivity contribution in [2.24, 2.45) is 0 Å². The third-order valence-electron chi connectivity index (χ3n) is 3.75. The lowest BCUT2D eigenvalue weighted by molar-refractivity contribution is -0.141. The molecular weight excluding hydrogens is 295 g/mol. The Bertz CT molecular complexity index is 565. The fourth-order valence-corrected chi connectivity index (χ4v) is 2.55. The quantitative estimate of drug-likeness (QED) is 0.850. The zero-order valence-electron chi connectivity index (χ0n) is 12.0. The zero-order valence-corrected chi connectivity index (χ0v) is 12.8. The van der Waals surface area contributed by atoms with Crippen LogP contribution in [0.5, 0.6) is 0 Å². The fourth-order valence-electron chi connectivity index (χ4n) is 2.35. The van der Waals surface area contributed by atoms with Crippen molar-refractivity contribution >= 4 is 23.4 Å². The highest BCUT2D eigenvalue weighted by Gasteiger charge is 2.40. The van der Waals surface area contributed by atoms with Crippen molar-refractivity contribution in [2.45, 2.75) is 45.3 Å². The maximum Gasteiger partial charge on any atom is 0.247 e.